The van der Waals surface area contributed by atoms with Gasteiger partial charge in [0.15, 0.2) is 23.3 Å². The number of rotatable bonds is 4. The number of hydrogen-bond acceptors (Lipinski definition) is 3. The lowest BCUT2D eigenvalue weighted by molar-refractivity contribution is 0.411. The Bertz CT molecular complexity index is 1310. The Morgan fingerprint density at radius 1 is 0.781 bits per heavy atom. The lowest BCUT2D eigenvalue weighted by atomic mass is 9.95. The molecule has 0 unspecified atom stereocenters. The largest absolute Gasteiger partial charge is 0.337 e. The van der Waals surface area contributed by atoms with Crippen LogP contribution in [0.5, 0.6) is 0 Å². The Hall–Kier alpha value is -3.74. The van der Waals surface area contributed by atoms with Gasteiger partial charge < -0.3 is 5.32 Å². The smallest absolute Gasteiger partial charge is 0.199 e. The van der Waals surface area contributed by atoms with E-state index in [-0.39, 0.29) is 5.82 Å². The molecule has 1 N–H and O–H groups in total. The predicted octanol–water partition coefficient (Wildman–Crippen LogP) is 6.60. The van der Waals surface area contributed by atoms with Crippen LogP contribution in [0.15, 0.2) is 60.8 Å². The van der Waals surface area contributed by atoms with Crippen molar-refractivity contribution in [2.75, 3.05) is 5.32 Å². The van der Waals surface area contributed by atoms with E-state index >= 15 is 0 Å². The van der Waals surface area contributed by atoms with Crippen LogP contribution < -0.4 is 5.32 Å². The highest BCUT2D eigenvalue weighted by atomic mass is 19.2. The van der Waals surface area contributed by atoms with Crippen molar-refractivity contribution in [2.24, 2.45) is 0 Å². The van der Waals surface area contributed by atoms with Gasteiger partial charge in [-0.3, -0.25) is 4.98 Å². The zero-order chi connectivity index (χ0) is 22.2. The number of hydrogen-bond donors (Lipinski definition) is 1. The van der Waals surface area contributed by atoms with Crippen molar-refractivity contribution in [3.8, 4) is 22.5 Å². The molecule has 0 fully saturated rings. The van der Waals surface area contributed by atoms with Gasteiger partial charge >= 0.3 is 0 Å². The fourth-order valence-corrected chi connectivity index (χ4v) is 4.17. The standard InChI is InChI=1S/C25H17F4N3/c26-17-13-19(22(28)23(29)21(17)27)31-25-20(14-7-2-1-3-8-14)15-9-6-10-16(15)24(32-25)18-11-4-5-12-30-18/h1-5,7-8,11-13H,6,9-10H2,(H,31,32). The van der Waals surface area contributed by atoms with Gasteiger partial charge in [0.2, 0.25) is 0 Å². The van der Waals surface area contributed by atoms with Crippen molar-refractivity contribution >= 4 is 11.5 Å². The van der Waals surface area contributed by atoms with Crippen LogP contribution in [0, 0.1) is 23.3 Å². The maximum atomic E-state index is 14.5. The highest BCUT2D eigenvalue weighted by Gasteiger charge is 2.27. The van der Waals surface area contributed by atoms with Gasteiger partial charge in [0.05, 0.1) is 17.1 Å². The molecule has 1 aliphatic carbocycles. The second kappa shape index (κ2) is 8.07. The Morgan fingerprint density at radius 3 is 2.28 bits per heavy atom. The van der Waals surface area contributed by atoms with E-state index in [1.807, 2.05) is 42.5 Å². The summed E-state index contributed by atoms with van der Waals surface area (Å²) in [7, 11) is 0. The molecule has 7 heteroatoms. The zero-order valence-corrected chi connectivity index (χ0v) is 16.8. The summed E-state index contributed by atoms with van der Waals surface area (Å²) in [5.74, 6) is -6.50. The van der Waals surface area contributed by atoms with Crippen LogP contribution in [0.25, 0.3) is 22.5 Å². The molecule has 0 bridgehead atoms. The average Bonchev–Trinajstić information content (AvgIpc) is 3.31. The summed E-state index contributed by atoms with van der Waals surface area (Å²) in [5.41, 5.74) is 4.37. The van der Waals surface area contributed by atoms with Gasteiger partial charge in [0.25, 0.3) is 0 Å². The van der Waals surface area contributed by atoms with Gasteiger partial charge in [-0.25, -0.2) is 22.5 Å². The van der Waals surface area contributed by atoms with Crippen LogP contribution in [0.1, 0.15) is 17.5 Å². The number of halogens is 4. The summed E-state index contributed by atoms with van der Waals surface area (Å²) in [6.07, 6.45) is 4.14. The second-order valence-corrected chi connectivity index (χ2v) is 7.55. The fourth-order valence-electron chi connectivity index (χ4n) is 4.17. The first-order valence-electron chi connectivity index (χ1n) is 10.2. The molecule has 0 saturated heterocycles. The van der Waals surface area contributed by atoms with Crippen LogP contribution in [0.4, 0.5) is 29.1 Å². The number of benzene rings is 2. The molecule has 0 radical (unpaired) electrons. The molecule has 0 aliphatic heterocycles. The molecule has 0 amide bonds. The van der Waals surface area contributed by atoms with Crippen molar-refractivity contribution in [3.63, 3.8) is 0 Å². The van der Waals surface area contributed by atoms with Crippen LogP contribution in [-0.2, 0) is 12.8 Å². The first kappa shape index (κ1) is 20.2. The highest BCUT2D eigenvalue weighted by Crippen LogP contribution is 2.42. The van der Waals surface area contributed by atoms with Crippen LogP contribution in [-0.4, -0.2) is 9.97 Å². The number of pyridine rings is 2. The predicted molar refractivity (Wildman–Crippen MR) is 114 cm³/mol. The molecular weight excluding hydrogens is 418 g/mol. The molecule has 0 spiro atoms. The van der Waals surface area contributed by atoms with E-state index in [0.717, 1.165) is 41.5 Å². The molecule has 0 saturated carbocycles. The molecule has 0 atom stereocenters. The van der Waals surface area contributed by atoms with E-state index < -0.39 is 29.0 Å². The van der Waals surface area contributed by atoms with Crippen molar-refractivity contribution in [1.82, 2.24) is 9.97 Å². The summed E-state index contributed by atoms with van der Waals surface area (Å²) < 4.78 is 55.7. The van der Waals surface area contributed by atoms with Crippen LogP contribution in [0.2, 0.25) is 0 Å². The summed E-state index contributed by atoms with van der Waals surface area (Å²) in [6.45, 7) is 0. The third kappa shape index (κ3) is 3.39. The van der Waals surface area contributed by atoms with Gasteiger partial charge in [-0.1, -0.05) is 36.4 Å². The van der Waals surface area contributed by atoms with Gasteiger partial charge in [0, 0.05) is 17.8 Å². The molecule has 4 aromatic rings. The number of nitrogens with one attached hydrogen (secondary N) is 1. The van der Waals surface area contributed by atoms with Gasteiger partial charge in [-0.2, -0.15) is 0 Å². The highest BCUT2D eigenvalue weighted by molar-refractivity contribution is 5.85. The minimum atomic E-state index is -1.88. The van der Waals surface area contributed by atoms with Crippen molar-refractivity contribution in [1.29, 1.82) is 0 Å². The van der Waals surface area contributed by atoms with Gasteiger partial charge in [-0.05, 0) is 48.1 Å². The molecule has 5 rings (SSSR count). The quantitative estimate of drug-likeness (QED) is 0.223. The van der Waals surface area contributed by atoms with Gasteiger partial charge in [-0.15, -0.1) is 0 Å². The minimum Gasteiger partial charge on any atom is -0.337 e. The van der Waals surface area contributed by atoms with E-state index in [4.69, 9.17) is 4.98 Å². The van der Waals surface area contributed by atoms with E-state index in [9.17, 15) is 17.6 Å². The van der Waals surface area contributed by atoms with E-state index in [1.54, 1.807) is 12.3 Å². The fraction of sp³-hybridized carbons (Fsp3) is 0.120. The Morgan fingerprint density at radius 2 is 1.53 bits per heavy atom. The Labute approximate surface area is 181 Å². The maximum absolute atomic E-state index is 14.5. The molecule has 3 nitrogen and oxygen atoms in total. The Kier molecular flexibility index (Phi) is 5.09. The number of aromatic nitrogens is 2. The summed E-state index contributed by atoms with van der Waals surface area (Å²) >= 11 is 0. The van der Waals surface area contributed by atoms with Crippen LogP contribution >= 0.6 is 0 Å². The molecule has 32 heavy (non-hydrogen) atoms. The zero-order valence-electron chi connectivity index (χ0n) is 16.8. The van der Waals surface area contributed by atoms with Crippen LogP contribution in [0.3, 0.4) is 0 Å². The maximum Gasteiger partial charge on any atom is 0.199 e. The molecule has 2 aromatic carbocycles. The molecule has 2 aromatic heterocycles. The normalized spacial score (nSPS) is 12.6. The summed E-state index contributed by atoms with van der Waals surface area (Å²) in [4.78, 5) is 9.13. The molecule has 160 valence electrons. The number of fused-ring (bicyclic) bond motifs is 1. The van der Waals surface area contributed by atoms with Crippen molar-refractivity contribution in [2.45, 2.75) is 19.3 Å². The Balaban J connectivity index is 1.76. The molecule has 2 heterocycles. The minimum absolute atomic E-state index is 0.224. The lowest BCUT2D eigenvalue weighted by Crippen LogP contribution is -2.07. The van der Waals surface area contributed by atoms with Gasteiger partial charge in [0.1, 0.15) is 5.82 Å². The number of nitrogens with zero attached hydrogens (tertiary/aromatic N) is 2. The van der Waals surface area contributed by atoms with E-state index in [2.05, 4.69) is 10.3 Å². The first-order valence-corrected chi connectivity index (χ1v) is 10.2. The van der Waals surface area contributed by atoms with Crippen molar-refractivity contribution in [3.05, 3.63) is 95.2 Å². The van der Waals surface area contributed by atoms with E-state index in [0.29, 0.717) is 17.5 Å². The summed E-state index contributed by atoms with van der Waals surface area (Å²) in [6, 6.07) is 15.4. The second-order valence-electron chi connectivity index (χ2n) is 7.55. The third-order valence-electron chi connectivity index (χ3n) is 5.59. The van der Waals surface area contributed by atoms with E-state index in [1.165, 1.54) is 0 Å². The SMILES string of the molecule is Fc1cc(Nc2nc(-c3ccccn3)c3c(c2-c2ccccc2)CCC3)c(F)c(F)c1F. The van der Waals surface area contributed by atoms with Crippen molar-refractivity contribution < 1.29 is 17.6 Å². The molecule has 1 aliphatic rings. The monoisotopic (exact) mass is 435 g/mol. The lowest BCUT2D eigenvalue weighted by Gasteiger charge is -2.19. The number of anilines is 2. The first-order chi connectivity index (χ1) is 15.5. The molecular formula is C25H17F4N3. The topological polar surface area (TPSA) is 37.8 Å². The summed E-state index contributed by atoms with van der Waals surface area (Å²) in [5, 5.41) is 2.73. The third-order valence-corrected chi connectivity index (χ3v) is 5.59. The average molecular weight is 435 g/mol.